The Labute approximate surface area is 263 Å². The number of ether oxygens (including phenoxy) is 1. The number of hydrazine groups is 1. The van der Waals surface area contributed by atoms with E-state index < -0.39 is 47.4 Å². The van der Waals surface area contributed by atoms with E-state index in [0.29, 0.717) is 24.1 Å². The van der Waals surface area contributed by atoms with Gasteiger partial charge in [-0.3, -0.25) is 29.0 Å². The van der Waals surface area contributed by atoms with Crippen molar-refractivity contribution in [3.8, 4) is 0 Å². The van der Waals surface area contributed by atoms with Gasteiger partial charge in [0.25, 0.3) is 5.91 Å². The van der Waals surface area contributed by atoms with E-state index in [1.54, 1.807) is 54.8 Å². The molecule has 1 fully saturated rings. The molecule has 1 aromatic carbocycles. The number of benzene rings is 1. The van der Waals surface area contributed by atoms with Crippen LogP contribution >= 0.6 is 0 Å². The number of hydrogen-bond acceptors (Lipinski definition) is 8. The third kappa shape index (κ3) is 8.05. The molecular weight excluding hydrogens is 576 g/mol. The molecule has 0 spiro atoms. The minimum Gasteiger partial charge on any atom is -0.455 e. The molecule has 0 saturated carbocycles. The Morgan fingerprint density at radius 2 is 1.82 bits per heavy atom. The second-order valence-electron chi connectivity index (χ2n) is 12.9. The SMILES string of the molecule is CC(C)[C@@H]1NC(=O)C(C)(C)/C=C/c2ccc3ccc(nc3c2)[C@@H](C)OC(=O)C2CCCN(N2)C(=O)C(CC(=O)N(C)C)NC1=O. The van der Waals surface area contributed by atoms with Crippen LogP contribution in [0.1, 0.15) is 71.2 Å². The molecule has 12 nitrogen and oxygen atoms in total. The normalized spacial score (nSPS) is 25.4. The predicted octanol–water partition coefficient (Wildman–Crippen LogP) is 2.49. The van der Waals surface area contributed by atoms with Gasteiger partial charge in [-0.15, -0.1) is 0 Å². The van der Waals surface area contributed by atoms with Crippen molar-refractivity contribution in [3.63, 3.8) is 0 Å². The molecule has 242 valence electrons. The first-order valence-electron chi connectivity index (χ1n) is 15.4. The summed E-state index contributed by atoms with van der Waals surface area (Å²) in [4.78, 5) is 73.0. The molecule has 1 aromatic heterocycles. The number of carbonyl (C=O) groups excluding carboxylic acids is 5. The fourth-order valence-corrected chi connectivity index (χ4v) is 5.16. The van der Waals surface area contributed by atoms with Crippen molar-refractivity contribution in [1.82, 2.24) is 31.0 Å². The topological polar surface area (TPSA) is 150 Å². The number of carbonyl (C=O) groups is 5. The quantitative estimate of drug-likeness (QED) is 0.443. The van der Waals surface area contributed by atoms with Crippen LogP contribution in [-0.2, 0) is 28.7 Å². The summed E-state index contributed by atoms with van der Waals surface area (Å²) in [5.74, 6) is -2.78. The standard InChI is InChI=1S/C33H44N6O6/c1-19(2)28-29(41)35-26(18-27(40)38(6)7)30(42)39-16-8-9-24(37-39)31(43)45-20(3)23-13-12-22-11-10-21(17-25(22)34-23)14-15-33(4,5)32(44)36-28/h10-15,17,19-20,24,26,28,37H,8-9,16,18H2,1-7H3,(H,35,41)(H,36,44)/b15-14+/t20-,24?,26?,28+/m1/s1. The Morgan fingerprint density at radius 1 is 1.11 bits per heavy atom. The molecule has 12 heteroatoms. The van der Waals surface area contributed by atoms with E-state index in [2.05, 4.69) is 16.1 Å². The summed E-state index contributed by atoms with van der Waals surface area (Å²) in [5, 5.41) is 7.74. The molecule has 2 aliphatic heterocycles. The summed E-state index contributed by atoms with van der Waals surface area (Å²) in [7, 11) is 3.12. The van der Waals surface area contributed by atoms with Crippen LogP contribution in [0.4, 0.5) is 0 Å². The number of cyclic esters (lactones) is 1. The minimum atomic E-state index is -1.24. The van der Waals surface area contributed by atoms with Crippen molar-refractivity contribution in [2.24, 2.45) is 11.3 Å². The van der Waals surface area contributed by atoms with E-state index >= 15 is 0 Å². The summed E-state index contributed by atoms with van der Waals surface area (Å²) in [6.45, 7) is 9.07. The monoisotopic (exact) mass is 620 g/mol. The maximum Gasteiger partial charge on any atom is 0.325 e. The molecule has 4 atom stereocenters. The Bertz CT molecular complexity index is 1500. The van der Waals surface area contributed by atoms with Gasteiger partial charge in [-0.05, 0) is 57.2 Å². The summed E-state index contributed by atoms with van der Waals surface area (Å²) in [6, 6.07) is 6.43. The first-order valence-corrected chi connectivity index (χ1v) is 15.4. The zero-order valence-corrected chi connectivity index (χ0v) is 27.0. The Morgan fingerprint density at radius 3 is 2.51 bits per heavy atom. The molecule has 45 heavy (non-hydrogen) atoms. The molecule has 0 aliphatic carbocycles. The van der Waals surface area contributed by atoms with E-state index in [4.69, 9.17) is 9.72 Å². The van der Waals surface area contributed by atoms with Crippen LogP contribution in [0.2, 0.25) is 0 Å². The molecule has 4 amide bonds. The lowest BCUT2D eigenvalue weighted by Crippen LogP contribution is -2.62. The molecule has 1 saturated heterocycles. The number of fused-ring (bicyclic) bond motifs is 4. The lowest BCUT2D eigenvalue weighted by atomic mass is 9.89. The number of nitrogens with zero attached hydrogens (tertiary/aromatic N) is 3. The highest BCUT2D eigenvalue weighted by Crippen LogP contribution is 2.25. The van der Waals surface area contributed by atoms with Gasteiger partial charge < -0.3 is 20.3 Å². The summed E-state index contributed by atoms with van der Waals surface area (Å²) < 4.78 is 5.78. The number of amides is 4. The van der Waals surface area contributed by atoms with Crippen LogP contribution in [0.3, 0.4) is 0 Å². The van der Waals surface area contributed by atoms with E-state index in [1.165, 1.54) is 9.91 Å². The lowest BCUT2D eigenvalue weighted by molar-refractivity contribution is -0.157. The average Bonchev–Trinajstić information content (AvgIpc) is 3.00. The number of esters is 1. The average molecular weight is 621 g/mol. The van der Waals surface area contributed by atoms with Crippen molar-refractivity contribution >= 4 is 46.6 Å². The van der Waals surface area contributed by atoms with Crippen molar-refractivity contribution in [3.05, 3.63) is 47.7 Å². The van der Waals surface area contributed by atoms with Gasteiger partial charge in [0.1, 0.15) is 24.2 Å². The number of pyridine rings is 1. The zero-order chi connectivity index (χ0) is 33.1. The largest absolute Gasteiger partial charge is 0.455 e. The van der Waals surface area contributed by atoms with Crippen LogP contribution in [0.15, 0.2) is 36.4 Å². The fraction of sp³-hybridized carbons (Fsp3) is 0.515. The van der Waals surface area contributed by atoms with Gasteiger partial charge >= 0.3 is 5.97 Å². The van der Waals surface area contributed by atoms with Crippen molar-refractivity contribution < 1.29 is 28.7 Å². The summed E-state index contributed by atoms with van der Waals surface area (Å²) in [6.07, 6.45) is 3.55. The Kier molecular flexibility index (Phi) is 10.3. The maximum atomic E-state index is 13.8. The predicted molar refractivity (Wildman–Crippen MR) is 169 cm³/mol. The van der Waals surface area contributed by atoms with E-state index in [9.17, 15) is 24.0 Å². The Balaban J connectivity index is 1.74. The highest BCUT2D eigenvalue weighted by atomic mass is 16.5. The molecule has 2 aliphatic rings. The second kappa shape index (κ2) is 13.8. The summed E-state index contributed by atoms with van der Waals surface area (Å²) >= 11 is 0. The van der Waals surface area contributed by atoms with Crippen molar-refractivity contribution in [2.45, 2.75) is 78.1 Å². The van der Waals surface area contributed by atoms with Gasteiger partial charge in [0.15, 0.2) is 0 Å². The van der Waals surface area contributed by atoms with E-state index in [0.717, 1.165) is 10.9 Å². The lowest BCUT2D eigenvalue weighted by Gasteiger charge is -2.36. The van der Waals surface area contributed by atoms with Gasteiger partial charge in [0.05, 0.1) is 23.0 Å². The second-order valence-corrected chi connectivity index (χ2v) is 12.9. The first kappa shape index (κ1) is 33.6. The van der Waals surface area contributed by atoms with Crippen LogP contribution in [0.5, 0.6) is 0 Å². The molecule has 0 radical (unpaired) electrons. The maximum absolute atomic E-state index is 13.8. The van der Waals surface area contributed by atoms with Gasteiger partial charge in [0, 0.05) is 26.0 Å². The van der Waals surface area contributed by atoms with Gasteiger partial charge in [0.2, 0.25) is 17.7 Å². The number of hydrogen-bond donors (Lipinski definition) is 3. The van der Waals surface area contributed by atoms with E-state index in [1.807, 2.05) is 36.4 Å². The molecule has 5 bridgehead atoms. The molecule has 4 rings (SSSR count). The number of aromatic nitrogens is 1. The molecule has 2 unspecified atom stereocenters. The fourth-order valence-electron chi connectivity index (χ4n) is 5.16. The van der Waals surface area contributed by atoms with Gasteiger partial charge in [-0.2, -0.15) is 0 Å². The third-order valence-corrected chi connectivity index (χ3v) is 8.19. The van der Waals surface area contributed by atoms with Crippen LogP contribution in [-0.4, -0.2) is 83.3 Å². The summed E-state index contributed by atoms with van der Waals surface area (Å²) in [5.41, 5.74) is 4.04. The molecule has 2 aromatic rings. The smallest absolute Gasteiger partial charge is 0.325 e. The van der Waals surface area contributed by atoms with Crippen LogP contribution < -0.4 is 16.1 Å². The number of nitrogens with one attached hydrogen (secondary N) is 3. The van der Waals surface area contributed by atoms with Gasteiger partial charge in [-0.25, -0.2) is 10.4 Å². The van der Waals surface area contributed by atoms with Crippen LogP contribution in [0, 0.1) is 11.3 Å². The zero-order valence-electron chi connectivity index (χ0n) is 27.0. The van der Waals surface area contributed by atoms with Crippen molar-refractivity contribution in [2.75, 3.05) is 20.6 Å². The first-order chi connectivity index (χ1) is 21.2. The van der Waals surface area contributed by atoms with Gasteiger partial charge in [-0.1, -0.05) is 44.2 Å². The van der Waals surface area contributed by atoms with E-state index in [-0.39, 0.29) is 30.7 Å². The third-order valence-electron chi connectivity index (χ3n) is 8.19. The highest BCUT2D eigenvalue weighted by Gasteiger charge is 2.37. The number of rotatable bonds is 3. The molecule has 3 N–H and O–H groups in total. The highest BCUT2D eigenvalue weighted by molar-refractivity contribution is 5.96. The van der Waals surface area contributed by atoms with Crippen molar-refractivity contribution in [1.29, 1.82) is 0 Å². The molecular formula is C33H44N6O6. The van der Waals surface area contributed by atoms with Crippen LogP contribution in [0.25, 0.3) is 17.0 Å². The Hall–Kier alpha value is -4.32. The minimum absolute atomic E-state index is 0.264. The molecule has 3 heterocycles.